The maximum atomic E-state index is 12.8. The largest absolute Gasteiger partial charge is 0.424 e. The highest BCUT2D eigenvalue weighted by atomic mass is 19.4. The average Bonchev–Trinajstić information content (AvgIpc) is 3.40. The Bertz CT molecular complexity index is 770. The van der Waals surface area contributed by atoms with Crippen LogP contribution in [0.1, 0.15) is 60.9 Å². The van der Waals surface area contributed by atoms with Gasteiger partial charge in [-0.05, 0) is 62.6 Å². The summed E-state index contributed by atoms with van der Waals surface area (Å²) in [5.74, 6) is 2.39. The molecule has 0 amide bonds. The molecular formula is C20H24F3N3O. The van der Waals surface area contributed by atoms with Gasteiger partial charge in [-0.3, -0.25) is 4.90 Å². The number of hydrogen-bond donors (Lipinski definition) is 0. The Hall–Kier alpha value is -1.89. The van der Waals surface area contributed by atoms with Crippen LogP contribution in [0.5, 0.6) is 0 Å². The number of aryl methyl sites for hydroxylation is 1. The molecule has 0 radical (unpaired) electrons. The molecule has 4 rings (SSSR count). The minimum Gasteiger partial charge on any atom is -0.424 e. The summed E-state index contributed by atoms with van der Waals surface area (Å²) in [5.41, 5.74) is 0.195. The molecule has 1 saturated heterocycles. The molecule has 0 spiro atoms. The summed E-state index contributed by atoms with van der Waals surface area (Å²) in [6.07, 6.45) is 1.79. The monoisotopic (exact) mass is 379 g/mol. The Balaban J connectivity index is 1.29. The predicted octanol–water partition coefficient (Wildman–Crippen LogP) is 4.81. The average molecular weight is 379 g/mol. The Morgan fingerprint density at radius 1 is 1.15 bits per heavy atom. The summed E-state index contributed by atoms with van der Waals surface area (Å²) in [5, 5.41) is 8.29. The molecule has 27 heavy (non-hydrogen) atoms. The van der Waals surface area contributed by atoms with Crippen molar-refractivity contribution in [1.82, 2.24) is 15.1 Å². The lowest BCUT2D eigenvalue weighted by Crippen LogP contribution is -2.35. The van der Waals surface area contributed by atoms with Gasteiger partial charge in [0, 0.05) is 12.5 Å². The van der Waals surface area contributed by atoms with E-state index in [1.165, 1.54) is 12.1 Å². The van der Waals surface area contributed by atoms with Gasteiger partial charge in [0.2, 0.25) is 11.8 Å². The number of likely N-dealkylation sites (tertiary alicyclic amines) is 1. The van der Waals surface area contributed by atoms with Gasteiger partial charge in [0.15, 0.2) is 0 Å². The van der Waals surface area contributed by atoms with Gasteiger partial charge in [0.25, 0.3) is 0 Å². The summed E-state index contributed by atoms with van der Waals surface area (Å²) in [6, 6.07) is 5.69. The van der Waals surface area contributed by atoms with Gasteiger partial charge in [-0.15, -0.1) is 10.2 Å². The number of rotatable bonds is 6. The van der Waals surface area contributed by atoms with Crippen molar-refractivity contribution in [3.05, 3.63) is 47.2 Å². The summed E-state index contributed by atoms with van der Waals surface area (Å²) in [6.45, 7) is 2.60. The van der Waals surface area contributed by atoms with E-state index in [0.29, 0.717) is 30.7 Å². The Kier molecular flexibility index (Phi) is 5.21. The van der Waals surface area contributed by atoms with Crippen LogP contribution < -0.4 is 0 Å². The zero-order valence-electron chi connectivity index (χ0n) is 15.2. The predicted molar refractivity (Wildman–Crippen MR) is 94.0 cm³/mol. The van der Waals surface area contributed by atoms with Crippen LogP contribution in [0.15, 0.2) is 28.7 Å². The summed E-state index contributed by atoms with van der Waals surface area (Å²) < 4.78 is 44.3. The van der Waals surface area contributed by atoms with Gasteiger partial charge >= 0.3 is 6.18 Å². The first-order valence-corrected chi connectivity index (χ1v) is 9.68. The number of alkyl halides is 3. The Morgan fingerprint density at radius 2 is 2.00 bits per heavy atom. The Morgan fingerprint density at radius 3 is 2.78 bits per heavy atom. The van der Waals surface area contributed by atoms with Crippen LogP contribution >= 0.6 is 0 Å². The van der Waals surface area contributed by atoms with Crippen molar-refractivity contribution in [1.29, 1.82) is 0 Å². The number of aromatic nitrogens is 2. The standard InChI is InChI=1S/C20H24F3N3O/c21-20(22,23)17-5-1-3-14(11-17)6-7-15-4-2-10-26(12-15)13-18-24-25-19(27-18)16-8-9-16/h1,3,5,11,15-16H,2,4,6-10,12-13H2. The zero-order valence-corrected chi connectivity index (χ0v) is 15.2. The molecule has 1 aliphatic heterocycles. The fourth-order valence-electron chi connectivity index (χ4n) is 3.82. The molecule has 0 N–H and O–H groups in total. The molecule has 1 saturated carbocycles. The first-order chi connectivity index (χ1) is 13.0. The number of nitrogens with zero attached hydrogens (tertiary/aromatic N) is 3. The molecular weight excluding hydrogens is 355 g/mol. The van der Waals surface area contributed by atoms with Crippen LogP contribution in [0, 0.1) is 5.92 Å². The topological polar surface area (TPSA) is 42.2 Å². The van der Waals surface area contributed by atoms with E-state index in [-0.39, 0.29) is 0 Å². The molecule has 1 atom stereocenters. The lowest BCUT2D eigenvalue weighted by atomic mass is 9.91. The second-order valence-electron chi connectivity index (χ2n) is 7.79. The van der Waals surface area contributed by atoms with Crippen LogP contribution in [-0.4, -0.2) is 28.2 Å². The molecule has 0 bridgehead atoms. The van der Waals surface area contributed by atoms with Gasteiger partial charge in [-0.2, -0.15) is 13.2 Å². The van der Waals surface area contributed by atoms with Crippen molar-refractivity contribution in [2.75, 3.05) is 13.1 Å². The van der Waals surface area contributed by atoms with Gasteiger partial charge in [-0.25, -0.2) is 0 Å². The summed E-state index contributed by atoms with van der Waals surface area (Å²) in [4.78, 5) is 2.32. The van der Waals surface area contributed by atoms with E-state index in [1.54, 1.807) is 6.07 Å². The molecule has 4 nitrogen and oxygen atoms in total. The second-order valence-corrected chi connectivity index (χ2v) is 7.79. The first kappa shape index (κ1) is 18.5. The van der Waals surface area contributed by atoms with E-state index < -0.39 is 11.7 Å². The fraction of sp³-hybridized carbons (Fsp3) is 0.600. The summed E-state index contributed by atoms with van der Waals surface area (Å²) >= 11 is 0. The van der Waals surface area contributed by atoms with E-state index in [4.69, 9.17) is 4.42 Å². The molecule has 1 aromatic carbocycles. The van der Waals surface area contributed by atoms with E-state index >= 15 is 0 Å². The SMILES string of the molecule is FC(F)(F)c1cccc(CCC2CCCN(Cc3nnc(C4CC4)o3)C2)c1. The van der Waals surface area contributed by atoms with Crippen molar-refractivity contribution in [3.63, 3.8) is 0 Å². The Labute approximate surface area is 156 Å². The number of halogens is 3. The molecule has 2 aliphatic rings. The normalized spacial score (nSPS) is 21.5. The number of hydrogen-bond acceptors (Lipinski definition) is 4. The van der Waals surface area contributed by atoms with Crippen molar-refractivity contribution >= 4 is 0 Å². The molecule has 2 heterocycles. The van der Waals surface area contributed by atoms with Gasteiger partial charge in [0.1, 0.15) is 0 Å². The van der Waals surface area contributed by atoms with Gasteiger partial charge < -0.3 is 4.42 Å². The van der Waals surface area contributed by atoms with Crippen molar-refractivity contribution < 1.29 is 17.6 Å². The lowest BCUT2D eigenvalue weighted by molar-refractivity contribution is -0.137. The molecule has 2 aromatic rings. The van der Waals surface area contributed by atoms with Crippen LogP contribution in [-0.2, 0) is 19.1 Å². The van der Waals surface area contributed by atoms with Gasteiger partial charge in [0.05, 0.1) is 12.1 Å². The molecule has 7 heteroatoms. The van der Waals surface area contributed by atoms with E-state index in [2.05, 4.69) is 15.1 Å². The highest BCUT2D eigenvalue weighted by Gasteiger charge is 2.31. The fourth-order valence-corrected chi connectivity index (χ4v) is 3.82. The van der Waals surface area contributed by atoms with Crippen molar-refractivity contribution in [2.24, 2.45) is 5.92 Å². The molecule has 1 aromatic heterocycles. The molecule has 146 valence electrons. The number of piperidine rings is 1. The highest BCUT2D eigenvalue weighted by Crippen LogP contribution is 2.39. The van der Waals surface area contributed by atoms with Crippen LogP contribution in [0.3, 0.4) is 0 Å². The van der Waals surface area contributed by atoms with Crippen molar-refractivity contribution in [2.45, 2.75) is 57.2 Å². The van der Waals surface area contributed by atoms with Gasteiger partial charge in [-0.1, -0.05) is 18.2 Å². The molecule has 1 aliphatic carbocycles. The third-order valence-electron chi connectivity index (χ3n) is 5.47. The second kappa shape index (κ2) is 7.62. The minimum absolute atomic E-state index is 0.466. The maximum Gasteiger partial charge on any atom is 0.416 e. The zero-order chi connectivity index (χ0) is 18.9. The molecule has 1 unspecified atom stereocenters. The van der Waals surface area contributed by atoms with Crippen LogP contribution in [0.4, 0.5) is 13.2 Å². The van der Waals surface area contributed by atoms with E-state index in [9.17, 15) is 13.2 Å². The van der Waals surface area contributed by atoms with Crippen molar-refractivity contribution in [3.8, 4) is 0 Å². The van der Waals surface area contributed by atoms with E-state index in [0.717, 1.165) is 62.7 Å². The lowest BCUT2D eigenvalue weighted by Gasteiger charge is -2.31. The summed E-state index contributed by atoms with van der Waals surface area (Å²) in [7, 11) is 0. The van der Waals surface area contributed by atoms with Crippen LogP contribution in [0.2, 0.25) is 0 Å². The maximum absolute atomic E-state index is 12.8. The highest BCUT2D eigenvalue weighted by molar-refractivity contribution is 5.25. The first-order valence-electron chi connectivity index (χ1n) is 9.68. The van der Waals surface area contributed by atoms with E-state index in [1.807, 2.05) is 0 Å². The smallest absolute Gasteiger partial charge is 0.416 e. The number of benzene rings is 1. The molecule has 2 fully saturated rings. The minimum atomic E-state index is -4.28. The van der Waals surface area contributed by atoms with Crippen LogP contribution in [0.25, 0.3) is 0 Å². The third kappa shape index (κ3) is 4.89. The quantitative estimate of drug-likeness (QED) is 0.722. The third-order valence-corrected chi connectivity index (χ3v) is 5.47.